The maximum atomic E-state index is 14.5. The van der Waals surface area contributed by atoms with Gasteiger partial charge < -0.3 is 14.2 Å². The van der Waals surface area contributed by atoms with Gasteiger partial charge in [0.25, 0.3) is 5.91 Å². The van der Waals surface area contributed by atoms with Crippen molar-refractivity contribution < 1.29 is 18.4 Å². The molecule has 0 spiro atoms. The molecule has 4 aromatic carbocycles. The lowest BCUT2D eigenvalue weighted by Gasteiger charge is -2.34. The molecule has 6 aromatic rings. The molecule has 0 bridgehead atoms. The van der Waals surface area contributed by atoms with Gasteiger partial charge in [0, 0.05) is 24.5 Å². The molecule has 6 rings (SSSR count). The van der Waals surface area contributed by atoms with Crippen molar-refractivity contribution in [1.29, 1.82) is 0 Å². The van der Waals surface area contributed by atoms with Crippen LogP contribution in [-0.2, 0) is 11.8 Å². The number of benzene rings is 4. The Bertz CT molecular complexity index is 2170. The number of halogens is 2. The minimum atomic E-state index is -0.568. The van der Waals surface area contributed by atoms with E-state index in [1.54, 1.807) is 30.2 Å². The molecule has 2 heterocycles. The highest BCUT2D eigenvalue weighted by atomic mass is 35.5. The standard InChI is InChI=1S/C42H42ClFN4O3/c1-26-46-39(51-47-26)38(20-27-8-10-28(11-9-27)29-13-19-36(44)35(43)22-29)48(25-41(2,3)4)40(49)37-23-30-12-16-34(21-31(30)24-45-37)50-33-17-14-32(15-18-33)42(5,6)7/h8-19,21-24,38H,20,25H2,1-7H3/t38-/m0/s1. The van der Waals surface area contributed by atoms with E-state index in [9.17, 15) is 9.18 Å². The first-order valence-electron chi connectivity index (χ1n) is 17.0. The highest BCUT2D eigenvalue weighted by molar-refractivity contribution is 6.31. The molecule has 0 saturated carbocycles. The molecule has 51 heavy (non-hydrogen) atoms. The molecule has 0 unspecified atom stereocenters. The fraction of sp³-hybridized carbons (Fsp3) is 0.286. The zero-order valence-electron chi connectivity index (χ0n) is 30.0. The molecule has 0 aliphatic heterocycles. The highest BCUT2D eigenvalue weighted by Crippen LogP contribution is 2.33. The van der Waals surface area contributed by atoms with E-state index in [1.165, 1.54) is 11.6 Å². The average molecular weight is 705 g/mol. The monoisotopic (exact) mass is 704 g/mol. The topological polar surface area (TPSA) is 81.4 Å². The number of hydrogen-bond acceptors (Lipinski definition) is 6. The molecule has 7 nitrogen and oxygen atoms in total. The van der Waals surface area contributed by atoms with Crippen molar-refractivity contribution in [2.75, 3.05) is 6.54 Å². The number of pyridine rings is 1. The van der Waals surface area contributed by atoms with E-state index in [0.29, 0.717) is 36.1 Å². The molecule has 0 fully saturated rings. The average Bonchev–Trinajstić information content (AvgIpc) is 3.52. The summed E-state index contributed by atoms with van der Waals surface area (Å²) in [6.07, 6.45) is 2.12. The number of carbonyl (C=O) groups excluding carboxylic acids is 1. The maximum absolute atomic E-state index is 14.5. The Kier molecular flexibility index (Phi) is 10.0. The van der Waals surface area contributed by atoms with Crippen LogP contribution in [0.4, 0.5) is 4.39 Å². The Morgan fingerprint density at radius 3 is 2.18 bits per heavy atom. The molecule has 2 aromatic heterocycles. The summed E-state index contributed by atoms with van der Waals surface area (Å²) >= 11 is 6.04. The number of fused-ring (bicyclic) bond motifs is 1. The minimum Gasteiger partial charge on any atom is -0.457 e. The first-order valence-corrected chi connectivity index (χ1v) is 17.3. The number of aryl methyl sites for hydroxylation is 1. The van der Waals surface area contributed by atoms with Gasteiger partial charge in [-0.2, -0.15) is 4.98 Å². The summed E-state index contributed by atoms with van der Waals surface area (Å²) in [7, 11) is 0. The van der Waals surface area contributed by atoms with Gasteiger partial charge >= 0.3 is 0 Å². The lowest BCUT2D eigenvalue weighted by atomic mass is 9.87. The van der Waals surface area contributed by atoms with Crippen LogP contribution in [0, 0.1) is 18.2 Å². The van der Waals surface area contributed by atoms with Crippen LogP contribution in [0.15, 0.2) is 102 Å². The SMILES string of the molecule is Cc1noc([C@H](Cc2ccc(-c3ccc(F)c(Cl)c3)cc2)N(CC(C)(C)C)C(=O)c2cc3ccc(Oc4ccc(C(C)(C)C)cc4)cc3cn2)n1. The van der Waals surface area contributed by atoms with Crippen molar-refractivity contribution in [2.24, 2.45) is 5.41 Å². The van der Waals surface area contributed by atoms with E-state index in [-0.39, 0.29) is 21.8 Å². The summed E-state index contributed by atoms with van der Waals surface area (Å²) in [4.78, 5) is 25.5. The molecular formula is C42H42ClFN4O3. The fourth-order valence-corrected chi connectivity index (χ4v) is 6.13. The van der Waals surface area contributed by atoms with Crippen LogP contribution in [0.3, 0.4) is 0 Å². The van der Waals surface area contributed by atoms with Crippen LogP contribution in [0.25, 0.3) is 21.9 Å². The van der Waals surface area contributed by atoms with Crippen molar-refractivity contribution >= 4 is 28.3 Å². The second-order valence-electron chi connectivity index (χ2n) is 15.2. The van der Waals surface area contributed by atoms with Crippen LogP contribution in [-0.4, -0.2) is 32.5 Å². The van der Waals surface area contributed by atoms with Crippen molar-refractivity contribution in [2.45, 2.75) is 66.3 Å². The van der Waals surface area contributed by atoms with Gasteiger partial charge in [-0.1, -0.05) is 107 Å². The summed E-state index contributed by atoms with van der Waals surface area (Å²) < 4.78 is 25.6. The largest absolute Gasteiger partial charge is 0.457 e. The van der Waals surface area contributed by atoms with Crippen LogP contribution >= 0.6 is 11.6 Å². The molecule has 9 heteroatoms. The molecule has 0 saturated heterocycles. The summed E-state index contributed by atoms with van der Waals surface area (Å²) in [6, 6.07) is 27.7. The van der Waals surface area contributed by atoms with Crippen molar-refractivity contribution in [3.63, 3.8) is 0 Å². The van der Waals surface area contributed by atoms with Gasteiger partial charge in [0.15, 0.2) is 5.82 Å². The molecule has 262 valence electrons. The number of nitrogens with zero attached hydrogens (tertiary/aromatic N) is 4. The lowest BCUT2D eigenvalue weighted by molar-refractivity contribution is 0.0542. The van der Waals surface area contributed by atoms with E-state index >= 15 is 0 Å². The summed E-state index contributed by atoms with van der Waals surface area (Å²) in [6.45, 7) is 15.0. The number of ether oxygens (including phenoxy) is 1. The Labute approximate surface area is 303 Å². The van der Waals surface area contributed by atoms with Gasteiger partial charge in [-0.05, 0) is 87.9 Å². The third-order valence-electron chi connectivity index (χ3n) is 8.61. The van der Waals surface area contributed by atoms with E-state index in [0.717, 1.165) is 33.2 Å². The highest BCUT2D eigenvalue weighted by Gasteiger charge is 2.34. The Balaban J connectivity index is 1.28. The minimum absolute atomic E-state index is 0.0581. The molecule has 0 aliphatic rings. The number of rotatable bonds is 9. The van der Waals surface area contributed by atoms with Crippen molar-refractivity contribution in [3.8, 4) is 22.6 Å². The van der Waals surface area contributed by atoms with Gasteiger partial charge in [0.05, 0.1) is 5.02 Å². The van der Waals surface area contributed by atoms with E-state index in [1.807, 2.05) is 60.7 Å². The number of aromatic nitrogens is 3. The van der Waals surface area contributed by atoms with E-state index in [4.69, 9.17) is 20.9 Å². The fourth-order valence-electron chi connectivity index (χ4n) is 5.95. The van der Waals surface area contributed by atoms with Crippen LogP contribution in [0.5, 0.6) is 11.5 Å². The second-order valence-corrected chi connectivity index (χ2v) is 15.6. The van der Waals surface area contributed by atoms with Crippen molar-refractivity contribution in [3.05, 3.63) is 137 Å². The van der Waals surface area contributed by atoms with Gasteiger partial charge in [-0.25, -0.2) is 4.39 Å². The Hall–Kier alpha value is -5.08. The Morgan fingerprint density at radius 2 is 1.55 bits per heavy atom. The predicted molar refractivity (Wildman–Crippen MR) is 200 cm³/mol. The van der Waals surface area contributed by atoms with Crippen molar-refractivity contribution in [1.82, 2.24) is 20.0 Å². The smallest absolute Gasteiger partial charge is 0.273 e. The molecule has 1 amide bonds. The zero-order valence-corrected chi connectivity index (χ0v) is 30.8. The number of hydrogen-bond donors (Lipinski definition) is 0. The third-order valence-corrected chi connectivity index (χ3v) is 8.90. The summed E-state index contributed by atoms with van der Waals surface area (Å²) in [5.41, 5.74) is 3.98. The third kappa shape index (κ3) is 8.63. The van der Waals surface area contributed by atoms with Gasteiger partial charge in [-0.3, -0.25) is 9.78 Å². The molecule has 0 aliphatic carbocycles. The van der Waals surface area contributed by atoms with E-state index in [2.05, 4.69) is 68.8 Å². The van der Waals surface area contributed by atoms with Gasteiger partial charge in [0.2, 0.25) is 5.89 Å². The van der Waals surface area contributed by atoms with E-state index < -0.39 is 11.9 Å². The van der Waals surface area contributed by atoms with Gasteiger partial charge in [-0.15, -0.1) is 0 Å². The number of amides is 1. The maximum Gasteiger partial charge on any atom is 0.273 e. The molecule has 0 N–H and O–H groups in total. The molecule has 1 atom stereocenters. The van der Waals surface area contributed by atoms with Crippen LogP contribution in [0.1, 0.15) is 80.9 Å². The summed E-state index contributed by atoms with van der Waals surface area (Å²) in [5, 5.41) is 5.84. The first-order chi connectivity index (χ1) is 24.1. The number of carbonyl (C=O) groups is 1. The summed E-state index contributed by atoms with van der Waals surface area (Å²) in [5.74, 6) is 1.55. The van der Waals surface area contributed by atoms with Crippen LogP contribution < -0.4 is 4.74 Å². The quantitative estimate of drug-likeness (QED) is 0.149. The molecular weight excluding hydrogens is 663 g/mol. The zero-order chi connectivity index (χ0) is 36.5. The van der Waals surface area contributed by atoms with Gasteiger partial charge in [0.1, 0.15) is 29.1 Å². The van der Waals surface area contributed by atoms with Crippen LogP contribution in [0.2, 0.25) is 5.02 Å². The normalized spacial score (nSPS) is 12.6. The first kappa shape index (κ1) is 35.7. The predicted octanol–water partition coefficient (Wildman–Crippen LogP) is 10.9. The Morgan fingerprint density at radius 1 is 0.863 bits per heavy atom. The molecule has 0 radical (unpaired) electrons. The lowest BCUT2D eigenvalue weighted by Crippen LogP contribution is -2.42. The second kappa shape index (κ2) is 14.3.